The largest absolute Gasteiger partial charge is 0.336 e. The van der Waals surface area contributed by atoms with Crippen molar-refractivity contribution < 1.29 is 14.0 Å². The minimum atomic E-state index is -0.403. The molecule has 3 aromatic rings. The number of amides is 2. The van der Waals surface area contributed by atoms with Gasteiger partial charge in [-0.25, -0.2) is 9.37 Å². The molecule has 0 aliphatic carbocycles. The molecule has 7 nitrogen and oxygen atoms in total. The highest BCUT2D eigenvalue weighted by Crippen LogP contribution is 2.18. The maximum atomic E-state index is 13.0. The van der Waals surface area contributed by atoms with Crippen molar-refractivity contribution >= 4 is 40.2 Å². The van der Waals surface area contributed by atoms with Crippen molar-refractivity contribution in [3.05, 3.63) is 77.4 Å². The number of hydrogen-bond donors (Lipinski definition) is 1. The van der Waals surface area contributed by atoms with Gasteiger partial charge in [-0.2, -0.15) is 0 Å². The lowest BCUT2D eigenvalue weighted by Gasteiger charge is -2.17. The zero-order valence-corrected chi connectivity index (χ0v) is 17.7. The van der Waals surface area contributed by atoms with Crippen molar-refractivity contribution in [1.29, 1.82) is 0 Å². The van der Waals surface area contributed by atoms with Gasteiger partial charge in [0, 0.05) is 19.3 Å². The number of rotatable bonds is 8. The molecule has 1 heterocycles. The number of aromatic nitrogens is 2. The first kappa shape index (κ1) is 22.2. The highest BCUT2D eigenvalue weighted by Gasteiger charge is 2.16. The van der Waals surface area contributed by atoms with E-state index in [0.29, 0.717) is 21.7 Å². The summed E-state index contributed by atoms with van der Waals surface area (Å²) in [7, 11) is 1.51. The van der Waals surface area contributed by atoms with Gasteiger partial charge in [0.25, 0.3) is 5.56 Å². The van der Waals surface area contributed by atoms with E-state index >= 15 is 0 Å². The Morgan fingerprint density at radius 2 is 1.94 bits per heavy atom. The van der Waals surface area contributed by atoms with Crippen LogP contribution in [-0.4, -0.2) is 45.6 Å². The predicted molar refractivity (Wildman–Crippen MR) is 120 cm³/mol. The lowest BCUT2D eigenvalue weighted by atomic mass is 10.2. The molecule has 3 rings (SSSR count). The number of thioether (sulfide) groups is 1. The van der Waals surface area contributed by atoms with Gasteiger partial charge >= 0.3 is 0 Å². The van der Waals surface area contributed by atoms with E-state index in [1.54, 1.807) is 30.3 Å². The van der Waals surface area contributed by atoms with Crippen LogP contribution in [0.5, 0.6) is 0 Å². The fraction of sp³-hybridized carbons (Fsp3) is 0.182. The molecule has 0 fully saturated rings. The van der Waals surface area contributed by atoms with Gasteiger partial charge < -0.3 is 10.2 Å². The maximum Gasteiger partial charge on any atom is 0.262 e. The second-order valence-electron chi connectivity index (χ2n) is 6.71. The molecular formula is C22H21FN4O3S. The van der Waals surface area contributed by atoms with Crippen LogP contribution in [-0.2, 0) is 16.1 Å². The maximum absolute atomic E-state index is 13.0. The SMILES string of the molecule is C=CCn1c(SCC(=O)N(C)CC(=O)Nc2ccc(F)cc2)nc2ccccc2c1=O. The highest BCUT2D eigenvalue weighted by molar-refractivity contribution is 7.99. The number of nitrogens with one attached hydrogen (secondary N) is 1. The van der Waals surface area contributed by atoms with Crippen LogP contribution in [0.15, 0.2) is 71.1 Å². The Balaban J connectivity index is 1.65. The summed E-state index contributed by atoms with van der Waals surface area (Å²) in [5, 5.41) is 3.51. The summed E-state index contributed by atoms with van der Waals surface area (Å²) in [6, 6.07) is 12.4. The second-order valence-corrected chi connectivity index (χ2v) is 7.65. The van der Waals surface area contributed by atoms with E-state index in [0.717, 1.165) is 11.8 Å². The smallest absolute Gasteiger partial charge is 0.262 e. The van der Waals surface area contributed by atoms with Crippen molar-refractivity contribution in [1.82, 2.24) is 14.5 Å². The zero-order valence-electron chi connectivity index (χ0n) is 16.9. The first-order valence-electron chi connectivity index (χ1n) is 9.41. The summed E-state index contributed by atoms with van der Waals surface area (Å²) >= 11 is 1.12. The number of carbonyl (C=O) groups excluding carboxylic acids is 2. The summed E-state index contributed by atoms with van der Waals surface area (Å²) < 4.78 is 14.4. The number of nitrogens with zero attached hydrogens (tertiary/aromatic N) is 3. The van der Waals surface area contributed by atoms with Crippen LogP contribution >= 0.6 is 11.8 Å². The third-order valence-corrected chi connectivity index (χ3v) is 5.36. The normalized spacial score (nSPS) is 10.6. The molecule has 31 heavy (non-hydrogen) atoms. The van der Waals surface area contributed by atoms with E-state index in [1.165, 1.54) is 40.8 Å². The molecule has 0 saturated carbocycles. The summed E-state index contributed by atoms with van der Waals surface area (Å²) in [5.74, 6) is -1.10. The van der Waals surface area contributed by atoms with E-state index in [4.69, 9.17) is 0 Å². The average Bonchev–Trinajstić information content (AvgIpc) is 2.76. The molecule has 0 unspecified atom stereocenters. The van der Waals surface area contributed by atoms with E-state index in [-0.39, 0.29) is 30.3 Å². The molecule has 0 spiro atoms. The molecule has 0 aliphatic rings. The standard InChI is InChI=1S/C22H21FN4O3S/c1-3-12-27-21(30)17-6-4-5-7-18(17)25-22(27)31-14-20(29)26(2)13-19(28)24-16-10-8-15(23)9-11-16/h3-11H,1,12-14H2,2H3,(H,24,28). The Morgan fingerprint density at radius 3 is 2.65 bits per heavy atom. The summed E-state index contributed by atoms with van der Waals surface area (Å²) in [4.78, 5) is 43.2. The summed E-state index contributed by atoms with van der Waals surface area (Å²) in [5.41, 5.74) is 0.790. The van der Waals surface area contributed by atoms with Gasteiger partial charge in [-0.05, 0) is 36.4 Å². The van der Waals surface area contributed by atoms with Crippen LogP contribution in [0, 0.1) is 5.82 Å². The number of anilines is 1. The Morgan fingerprint density at radius 1 is 1.23 bits per heavy atom. The van der Waals surface area contributed by atoms with Crippen LogP contribution in [0.3, 0.4) is 0 Å². The third-order valence-electron chi connectivity index (χ3n) is 4.40. The second kappa shape index (κ2) is 10.0. The molecule has 1 aromatic heterocycles. The molecule has 0 radical (unpaired) electrons. The molecular weight excluding hydrogens is 419 g/mol. The molecule has 0 atom stereocenters. The van der Waals surface area contributed by atoms with Crippen LogP contribution in [0.25, 0.3) is 10.9 Å². The highest BCUT2D eigenvalue weighted by atomic mass is 32.2. The average molecular weight is 441 g/mol. The van der Waals surface area contributed by atoms with E-state index in [9.17, 15) is 18.8 Å². The van der Waals surface area contributed by atoms with Gasteiger partial charge in [-0.15, -0.1) is 6.58 Å². The van der Waals surface area contributed by atoms with Crippen molar-refractivity contribution in [3.63, 3.8) is 0 Å². The molecule has 2 amide bonds. The Bertz CT molecular complexity index is 1180. The summed E-state index contributed by atoms with van der Waals surface area (Å²) in [6.07, 6.45) is 1.59. The first-order chi connectivity index (χ1) is 14.9. The minimum absolute atomic E-state index is 0.00223. The van der Waals surface area contributed by atoms with Crippen molar-refractivity contribution in [2.75, 3.05) is 24.7 Å². The van der Waals surface area contributed by atoms with E-state index in [2.05, 4.69) is 16.9 Å². The number of likely N-dealkylation sites (N-methyl/N-ethyl adjacent to an activating group) is 1. The van der Waals surface area contributed by atoms with Crippen LogP contribution < -0.4 is 10.9 Å². The Kier molecular flexibility index (Phi) is 7.19. The van der Waals surface area contributed by atoms with Crippen molar-refractivity contribution in [2.45, 2.75) is 11.7 Å². The van der Waals surface area contributed by atoms with Gasteiger partial charge in [0.05, 0.1) is 23.2 Å². The molecule has 1 N–H and O–H groups in total. The lowest BCUT2D eigenvalue weighted by Crippen LogP contribution is -2.36. The third kappa shape index (κ3) is 5.58. The number of benzene rings is 2. The number of halogens is 1. The zero-order chi connectivity index (χ0) is 22.4. The monoisotopic (exact) mass is 440 g/mol. The van der Waals surface area contributed by atoms with Gasteiger partial charge in [0.2, 0.25) is 11.8 Å². The fourth-order valence-corrected chi connectivity index (χ4v) is 3.77. The van der Waals surface area contributed by atoms with E-state index in [1.807, 2.05) is 0 Å². The van der Waals surface area contributed by atoms with Crippen molar-refractivity contribution in [3.8, 4) is 0 Å². The quantitative estimate of drug-likeness (QED) is 0.331. The Labute approximate surface area is 182 Å². The number of hydrogen-bond acceptors (Lipinski definition) is 5. The van der Waals surface area contributed by atoms with Gasteiger partial charge in [-0.3, -0.25) is 19.0 Å². The lowest BCUT2D eigenvalue weighted by molar-refractivity contribution is -0.131. The Hall–Kier alpha value is -3.46. The molecule has 160 valence electrons. The topological polar surface area (TPSA) is 84.3 Å². The van der Waals surface area contributed by atoms with Crippen molar-refractivity contribution in [2.24, 2.45) is 0 Å². The summed E-state index contributed by atoms with van der Waals surface area (Å²) in [6.45, 7) is 3.78. The fourth-order valence-electron chi connectivity index (χ4n) is 2.82. The number of allylic oxidation sites excluding steroid dienone is 1. The van der Waals surface area contributed by atoms with Gasteiger partial charge in [0.15, 0.2) is 5.16 Å². The molecule has 9 heteroatoms. The molecule has 0 aliphatic heterocycles. The molecule has 0 bridgehead atoms. The van der Waals surface area contributed by atoms with Crippen LogP contribution in [0.4, 0.5) is 10.1 Å². The van der Waals surface area contributed by atoms with Gasteiger partial charge in [-0.1, -0.05) is 30.0 Å². The van der Waals surface area contributed by atoms with Crippen LogP contribution in [0.2, 0.25) is 0 Å². The number of para-hydroxylation sites is 1. The molecule has 0 saturated heterocycles. The number of fused-ring (bicyclic) bond motifs is 1. The van der Waals surface area contributed by atoms with E-state index < -0.39 is 11.7 Å². The molecule has 2 aromatic carbocycles. The van der Waals surface area contributed by atoms with Crippen LogP contribution in [0.1, 0.15) is 0 Å². The first-order valence-corrected chi connectivity index (χ1v) is 10.4. The minimum Gasteiger partial charge on any atom is -0.336 e. The van der Waals surface area contributed by atoms with Gasteiger partial charge in [0.1, 0.15) is 5.82 Å². The number of carbonyl (C=O) groups is 2. The predicted octanol–water partition coefficient (Wildman–Crippen LogP) is 2.91.